The largest absolute Gasteiger partial charge is 0.507 e. The van der Waals surface area contributed by atoms with Crippen molar-refractivity contribution in [3.63, 3.8) is 0 Å². The van der Waals surface area contributed by atoms with Crippen molar-refractivity contribution in [3.8, 4) is 17.2 Å². The molecule has 1 aromatic carbocycles. The van der Waals surface area contributed by atoms with E-state index < -0.39 is 33.1 Å². The van der Waals surface area contributed by atoms with Crippen molar-refractivity contribution >= 4 is 38.9 Å². The predicted octanol–water partition coefficient (Wildman–Crippen LogP) is 2.98. The third-order valence-corrected chi connectivity index (χ3v) is 8.76. The fourth-order valence-corrected chi connectivity index (χ4v) is 6.31. The average Bonchev–Trinajstić information content (AvgIpc) is 3.13. The number of carbonyl (C=O) groups excluding carboxylic acids is 2. The number of aliphatic imine (C=N–C) groups is 1. The second-order valence-electron chi connectivity index (χ2n) is 9.33. The number of aliphatic hydroxyl groups is 1. The fraction of sp³-hybridized carbons (Fsp3) is 0.542. The summed E-state index contributed by atoms with van der Waals surface area (Å²) in [6.45, 7) is 3.88. The maximum Gasteiger partial charge on any atom is 0.231 e. The van der Waals surface area contributed by atoms with Crippen LogP contribution in [0.2, 0.25) is 5.02 Å². The number of halogens is 1. The quantitative estimate of drug-likeness (QED) is 0.564. The highest BCUT2D eigenvalue weighted by Gasteiger charge is 2.61. The second-order valence-corrected chi connectivity index (χ2v) is 11.7. The summed E-state index contributed by atoms with van der Waals surface area (Å²) in [7, 11) is -0.482. The van der Waals surface area contributed by atoms with Crippen molar-refractivity contribution in [2.45, 2.75) is 44.8 Å². The predicted molar refractivity (Wildman–Crippen MR) is 133 cm³/mol. The number of nitrogens with zero attached hydrogens (tertiary/aromatic N) is 2. The molecular weight excluding hydrogens is 512 g/mol. The molecule has 10 nitrogen and oxygen atoms in total. The first kappa shape index (κ1) is 26.4. The summed E-state index contributed by atoms with van der Waals surface area (Å²) in [5.74, 6) is -1.71. The Morgan fingerprint density at radius 2 is 1.83 bits per heavy atom. The van der Waals surface area contributed by atoms with Crippen LogP contribution in [0.4, 0.5) is 0 Å². The number of carbonyl (C=O) groups is 2. The molecule has 0 amide bonds. The van der Waals surface area contributed by atoms with Crippen LogP contribution in [0.5, 0.6) is 17.2 Å². The number of fused-ring (bicyclic) bond motifs is 1. The number of rotatable bonds is 5. The smallest absolute Gasteiger partial charge is 0.231 e. The standard InChI is InChI=1S/C24H29ClN2O8S/c1-12-10-15(28)18(13(2)26-14-6-8-27(9-7-14)36(5,31)32)22(29)24(12)23(30)19-16(33-3)11-17(34-4)20(25)21(19)35-24/h11-12,14,29H,6-10H2,1-5H3/t12-,24+/m1/s1. The number of ketones is 2. The number of aliphatic hydroxyl groups excluding tert-OH is 1. The maximum absolute atomic E-state index is 13.8. The van der Waals surface area contributed by atoms with Gasteiger partial charge in [-0.1, -0.05) is 18.5 Å². The van der Waals surface area contributed by atoms with E-state index in [1.54, 1.807) is 13.8 Å². The zero-order valence-corrected chi connectivity index (χ0v) is 22.3. The van der Waals surface area contributed by atoms with E-state index in [4.69, 9.17) is 25.8 Å². The molecule has 0 radical (unpaired) electrons. The van der Waals surface area contributed by atoms with E-state index in [0.717, 1.165) is 0 Å². The van der Waals surface area contributed by atoms with Crippen LogP contribution in [0.3, 0.4) is 0 Å². The lowest BCUT2D eigenvalue weighted by molar-refractivity contribution is -0.118. The molecule has 1 fully saturated rings. The van der Waals surface area contributed by atoms with Crippen molar-refractivity contribution in [1.29, 1.82) is 0 Å². The summed E-state index contributed by atoms with van der Waals surface area (Å²) in [6, 6.07) is 1.24. The number of sulfonamides is 1. The first-order chi connectivity index (χ1) is 16.9. The minimum absolute atomic E-state index is 0.0210. The van der Waals surface area contributed by atoms with Gasteiger partial charge in [0.05, 0.1) is 32.1 Å². The van der Waals surface area contributed by atoms with Gasteiger partial charge in [0.15, 0.2) is 17.3 Å². The Kier molecular flexibility index (Phi) is 6.87. The summed E-state index contributed by atoms with van der Waals surface area (Å²) < 4.78 is 41.8. The molecule has 4 rings (SSSR count). The van der Waals surface area contributed by atoms with Gasteiger partial charge in [0.1, 0.15) is 22.1 Å². The summed E-state index contributed by atoms with van der Waals surface area (Å²) in [5, 5.41) is 11.5. The van der Waals surface area contributed by atoms with Crippen LogP contribution in [-0.2, 0) is 14.8 Å². The Morgan fingerprint density at radius 3 is 2.39 bits per heavy atom. The molecular formula is C24H29ClN2O8S. The molecule has 196 valence electrons. The molecule has 36 heavy (non-hydrogen) atoms. The van der Waals surface area contributed by atoms with E-state index in [0.29, 0.717) is 25.9 Å². The number of hydrogen-bond acceptors (Lipinski definition) is 9. The number of hydrogen-bond donors (Lipinski definition) is 1. The minimum Gasteiger partial charge on any atom is -0.507 e. The number of piperidine rings is 1. The highest BCUT2D eigenvalue weighted by atomic mass is 35.5. The number of ether oxygens (including phenoxy) is 3. The maximum atomic E-state index is 13.8. The van der Waals surface area contributed by atoms with E-state index in [1.807, 2.05) is 0 Å². The van der Waals surface area contributed by atoms with Gasteiger partial charge < -0.3 is 19.3 Å². The highest BCUT2D eigenvalue weighted by molar-refractivity contribution is 7.88. The molecule has 1 saturated heterocycles. The van der Waals surface area contributed by atoms with Gasteiger partial charge in [-0.15, -0.1) is 0 Å². The minimum atomic E-state index is -3.29. The van der Waals surface area contributed by atoms with Crippen molar-refractivity contribution in [2.75, 3.05) is 33.6 Å². The molecule has 0 unspecified atom stereocenters. The van der Waals surface area contributed by atoms with Gasteiger partial charge in [0.2, 0.25) is 21.4 Å². The molecule has 1 spiro atoms. The van der Waals surface area contributed by atoms with Gasteiger partial charge in [-0.3, -0.25) is 14.6 Å². The monoisotopic (exact) mass is 540 g/mol. The van der Waals surface area contributed by atoms with Crippen LogP contribution in [0.1, 0.15) is 43.5 Å². The van der Waals surface area contributed by atoms with Crippen LogP contribution in [0.25, 0.3) is 0 Å². The molecule has 3 aliphatic rings. The Morgan fingerprint density at radius 1 is 1.22 bits per heavy atom. The summed E-state index contributed by atoms with van der Waals surface area (Å²) in [5.41, 5.74) is -1.60. The Labute approximate surface area is 214 Å². The Balaban J connectivity index is 1.75. The molecule has 1 aromatic rings. The van der Waals surface area contributed by atoms with E-state index in [1.165, 1.54) is 30.8 Å². The van der Waals surface area contributed by atoms with Crippen LogP contribution < -0.4 is 14.2 Å². The van der Waals surface area contributed by atoms with Gasteiger partial charge in [-0.05, 0) is 19.8 Å². The normalized spacial score (nSPS) is 25.8. The Bertz CT molecular complexity index is 1300. The molecule has 0 bridgehead atoms. The van der Waals surface area contributed by atoms with Crippen molar-refractivity contribution in [1.82, 2.24) is 4.31 Å². The topological polar surface area (TPSA) is 132 Å². The number of methoxy groups -OCH3 is 2. The highest BCUT2D eigenvalue weighted by Crippen LogP contribution is 2.54. The van der Waals surface area contributed by atoms with E-state index >= 15 is 0 Å². The molecule has 2 atom stereocenters. The zero-order valence-electron chi connectivity index (χ0n) is 20.8. The van der Waals surface area contributed by atoms with Crippen molar-refractivity contribution in [2.24, 2.45) is 10.9 Å². The van der Waals surface area contributed by atoms with Crippen LogP contribution in [-0.4, -0.2) is 80.3 Å². The van der Waals surface area contributed by atoms with Gasteiger partial charge in [-0.2, -0.15) is 0 Å². The number of Topliss-reactive ketones (excluding diaryl/α,β-unsaturated/α-hetero) is 2. The summed E-state index contributed by atoms with van der Waals surface area (Å²) in [4.78, 5) is 31.5. The fourth-order valence-electron chi connectivity index (χ4n) is 5.17. The lowest BCUT2D eigenvalue weighted by atomic mass is 9.72. The molecule has 2 heterocycles. The van der Waals surface area contributed by atoms with E-state index in [9.17, 15) is 23.1 Å². The molecule has 2 aliphatic heterocycles. The van der Waals surface area contributed by atoms with E-state index in [-0.39, 0.29) is 57.4 Å². The Hall–Kier alpha value is -2.63. The SMILES string of the molecule is COc1cc(OC)c2c(c1Cl)O[C@]1(C2=O)C(O)=C(C(C)=NC2CCN(S(C)(=O)=O)CC2)C(=O)C[C@H]1C. The van der Waals surface area contributed by atoms with Crippen LogP contribution in [0, 0.1) is 5.92 Å². The third kappa shape index (κ3) is 4.06. The zero-order chi connectivity index (χ0) is 26.6. The molecule has 0 aromatic heterocycles. The van der Waals surface area contributed by atoms with Crippen molar-refractivity contribution in [3.05, 3.63) is 28.0 Å². The van der Waals surface area contributed by atoms with Gasteiger partial charge in [-0.25, -0.2) is 12.7 Å². The average molecular weight is 541 g/mol. The van der Waals surface area contributed by atoms with Crippen molar-refractivity contribution < 1.29 is 37.3 Å². The lowest BCUT2D eigenvalue weighted by Gasteiger charge is -2.37. The molecule has 1 N–H and O–H groups in total. The van der Waals surface area contributed by atoms with Crippen LogP contribution in [0.15, 0.2) is 22.4 Å². The summed E-state index contributed by atoms with van der Waals surface area (Å²) in [6.07, 6.45) is 2.05. The van der Waals surface area contributed by atoms with Gasteiger partial charge >= 0.3 is 0 Å². The lowest BCUT2D eigenvalue weighted by Crippen LogP contribution is -2.53. The molecule has 12 heteroatoms. The third-order valence-electron chi connectivity index (χ3n) is 7.10. The number of allylic oxidation sites excluding steroid dienone is 1. The molecule has 1 aliphatic carbocycles. The van der Waals surface area contributed by atoms with Gasteiger partial charge in [0, 0.05) is 37.2 Å². The molecule has 0 saturated carbocycles. The van der Waals surface area contributed by atoms with Gasteiger partial charge in [0.25, 0.3) is 0 Å². The first-order valence-corrected chi connectivity index (χ1v) is 13.7. The number of benzene rings is 1. The summed E-state index contributed by atoms with van der Waals surface area (Å²) >= 11 is 6.45. The van der Waals surface area contributed by atoms with Crippen LogP contribution >= 0.6 is 11.6 Å². The van der Waals surface area contributed by atoms with E-state index in [2.05, 4.69) is 4.99 Å². The second kappa shape index (κ2) is 9.35. The first-order valence-electron chi connectivity index (χ1n) is 11.5.